The minimum absolute atomic E-state index is 0.0391. The van der Waals surface area contributed by atoms with Crippen LogP contribution in [-0.2, 0) is 0 Å². The third-order valence-electron chi connectivity index (χ3n) is 2.90. The molecule has 0 fully saturated rings. The number of aliphatic hydroxyl groups is 1. The van der Waals surface area contributed by atoms with Gasteiger partial charge >= 0.3 is 0 Å². The number of nitro groups is 1. The molecule has 0 saturated carbocycles. The highest BCUT2D eigenvalue weighted by atomic mass is 32.2. The lowest BCUT2D eigenvalue weighted by molar-refractivity contribution is -0.384. The van der Waals surface area contributed by atoms with Gasteiger partial charge in [0.05, 0.1) is 11.0 Å². The van der Waals surface area contributed by atoms with Gasteiger partial charge in [0.25, 0.3) is 5.69 Å². The molecule has 5 nitrogen and oxygen atoms in total. The van der Waals surface area contributed by atoms with Crippen LogP contribution >= 0.6 is 11.8 Å². The fraction of sp³-hybridized carbons (Fsp3) is 0.538. The molecule has 0 radical (unpaired) electrons. The standard InChI is InChI=1S/C13H20N2O3S/c1-10(7-8-19-2)14-9-13(16)11-3-5-12(6-4-11)15(17)18/h3-6,10,13-14,16H,7-9H2,1-2H3. The van der Waals surface area contributed by atoms with Crippen LogP contribution in [0.1, 0.15) is 25.0 Å². The first kappa shape index (κ1) is 15.9. The number of non-ortho nitro benzene ring substituents is 1. The Balaban J connectivity index is 2.44. The number of nitro benzene ring substituents is 1. The lowest BCUT2D eigenvalue weighted by Crippen LogP contribution is -2.30. The third-order valence-corrected chi connectivity index (χ3v) is 3.55. The van der Waals surface area contributed by atoms with E-state index in [-0.39, 0.29) is 5.69 Å². The molecule has 0 spiro atoms. The SMILES string of the molecule is CSCCC(C)NCC(O)c1ccc([N+](=O)[O-])cc1. The summed E-state index contributed by atoms with van der Waals surface area (Å²) in [5, 5.41) is 23.8. The Morgan fingerprint density at radius 3 is 2.58 bits per heavy atom. The highest BCUT2D eigenvalue weighted by molar-refractivity contribution is 7.98. The second kappa shape index (κ2) is 8.14. The Kier molecular flexibility index (Phi) is 6.83. The highest BCUT2D eigenvalue weighted by Gasteiger charge is 2.11. The van der Waals surface area contributed by atoms with Crippen molar-refractivity contribution < 1.29 is 10.0 Å². The van der Waals surface area contributed by atoms with Crippen molar-refractivity contribution in [1.29, 1.82) is 0 Å². The molecule has 1 aromatic carbocycles. The van der Waals surface area contributed by atoms with E-state index in [1.165, 1.54) is 12.1 Å². The van der Waals surface area contributed by atoms with E-state index in [1.807, 2.05) is 0 Å². The third kappa shape index (κ3) is 5.59. The van der Waals surface area contributed by atoms with Gasteiger partial charge in [0.2, 0.25) is 0 Å². The summed E-state index contributed by atoms with van der Waals surface area (Å²) in [6, 6.07) is 6.36. The first-order valence-corrected chi connectivity index (χ1v) is 7.58. The van der Waals surface area contributed by atoms with Crippen LogP contribution in [0, 0.1) is 10.1 Å². The number of hydrogen-bond acceptors (Lipinski definition) is 5. The lowest BCUT2D eigenvalue weighted by Gasteiger charge is -2.17. The number of nitrogens with one attached hydrogen (secondary N) is 1. The van der Waals surface area contributed by atoms with Gasteiger partial charge in [-0.1, -0.05) is 0 Å². The molecule has 0 heterocycles. The summed E-state index contributed by atoms with van der Waals surface area (Å²) < 4.78 is 0. The van der Waals surface area contributed by atoms with Crippen LogP contribution in [0.3, 0.4) is 0 Å². The van der Waals surface area contributed by atoms with Gasteiger partial charge in [-0.3, -0.25) is 10.1 Å². The summed E-state index contributed by atoms with van der Waals surface area (Å²) in [4.78, 5) is 10.1. The Hall–Kier alpha value is -1.11. The van der Waals surface area contributed by atoms with Crippen LogP contribution in [0.2, 0.25) is 0 Å². The molecule has 6 heteroatoms. The minimum atomic E-state index is -0.641. The van der Waals surface area contributed by atoms with Gasteiger partial charge in [-0.15, -0.1) is 0 Å². The van der Waals surface area contributed by atoms with Crippen LogP contribution in [0.25, 0.3) is 0 Å². The van der Waals surface area contributed by atoms with Crippen LogP contribution in [0.5, 0.6) is 0 Å². The maximum atomic E-state index is 10.5. The molecule has 0 amide bonds. The quantitative estimate of drug-likeness (QED) is 0.566. The molecule has 0 aliphatic rings. The van der Waals surface area contributed by atoms with E-state index in [2.05, 4.69) is 18.5 Å². The molecular weight excluding hydrogens is 264 g/mol. The molecule has 2 atom stereocenters. The summed E-state index contributed by atoms with van der Waals surface area (Å²) in [6.45, 7) is 2.53. The first-order chi connectivity index (χ1) is 9.04. The summed E-state index contributed by atoms with van der Waals surface area (Å²) in [5.74, 6) is 1.09. The maximum Gasteiger partial charge on any atom is 0.269 e. The second-order valence-corrected chi connectivity index (χ2v) is 5.44. The fourth-order valence-electron chi connectivity index (χ4n) is 1.65. The number of hydrogen-bond donors (Lipinski definition) is 2. The van der Waals surface area contributed by atoms with Gasteiger partial charge in [0.1, 0.15) is 0 Å². The van der Waals surface area contributed by atoms with Crippen molar-refractivity contribution in [3.05, 3.63) is 39.9 Å². The predicted octanol–water partition coefficient (Wildman–Crippen LogP) is 2.36. The van der Waals surface area contributed by atoms with Gasteiger partial charge in [0.15, 0.2) is 0 Å². The molecular formula is C13H20N2O3S. The summed E-state index contributed by atoms with van der Waals surface area (Å²) in [5.41, 5.74) is 0.729. The predicted molar refractivity (Wildman–Crippen MR) is 78.5 cm³/mol. The van der Waals surface area contributed by atoms with E-state index in [9.17, 15) is 15.2 Å². The lowest BCUT2D eigenvalue weighted by atomic mass is 10.1. The smallest absolute Gasteiger partial charge is 0.269 e. The van der Waals surface area contributed by atoms with Crippen molar-refractivity contribution in [3.63, 3.8) is 0 Å². The van der Waals surface area contributed by atoms with E-state index < -0.39 is 11.0 Å². The van der Waals surface area contributed by atoms with Gasteiger partial charge in [0, 0.05) is 24.7 Å². The van der Waals surface area contributed by atoms with E-state index in [1.54, 1.807) is 23.9 Å². The number of aliphatic hydroxyl groups excluding tert-OH is 1. The van der Waals surface area contributed by atoms with Crippen LogP contribution in [0.15, 0.2) is 24.3 Å². The molecule has 19 heavy (non-hydrogen) atoms. The zero-order valence-electron chi connectivity index (χ0n) is 11.2. The van der Waals surface area contributed by atoms with Gasteiger partial charge < -0.3 is 10.4 Å². The average molecular weight is 284 g/mol. The summed E-state index contributed by atoms with van der Waals surface area (Å²) in [7, 11) is 0. The van der Waals surface area contributed by atoms with E-state index >= 15 is 0 Å². The average Bonchev–Trinajstić information content (AvgIpc) is 2.42. The Labute approximate surface area is 117 Å². The zero-order chi connectivity index (χ0) is 14.3. The molecule has 1 aromatic rings. The molecule has 0 aromatic heterocycles. The topological polar surface area (TPSA) is 75.4 Å². The van der Waals surface area contributed by atoms with Crippen LogP contribution in [-0.4, -0.2) is 34.6 Å². The molecule has 0 aliphatic carbocycles. The normalized spacial score (nSPS) is 14.1. The van der Waals surface area contributed by atoms with Crippen molar-refractivity contribution in [3.8, 4) is 0 Å². The number of benzene rings is 1. The minimum Gasteiger partial charge on any atom is -0.387 e. The fourth-order valence-corrected chi connectivity index (χ4v) is 2.23. The van der Waals surface area contributed by atoms with E-state index in [0.717, 1.165) is 12.2 Å². The second-order valence-electron chi connectivity index (χ2n) is 4.46. The van der Waals surface area contributed by atoms with E-state index in [4.69, 9.17) is 0 Å². The highest BCUT2D eigenvalue weighted by Crippen LogP contribution is 2.17. The molecule has 2 N–H and O–H groups in total. The van der Waals surface area contributed by atoms with Crippen molar-refractivity contribution in [2.45, 2.75) is 25.5 Å². The number of thioether (sulfide) groups is 1. The molecule has 0 saturated heterocycles. The van der Waals surface area contributed by atoms with E-state index in [0.29, 0.717) is 18.2 Å². The Morgan fingerprint density at radius 1 is 1.42 bits per heavy atom. The first-order valence-electron chi connectivity index (χ1n) is 6.19. The molecule has 1 rings (SSSR count). The number of rotatable bonds is 8. The number of nitrogens with zero attached hydrogens (tertiary/aromatic N) is 1. The maximum absolute atomic E-state index is 10.5. The largest absolute Gasteiger partial charge is 0.387 e. The van der Waals surface area contributed by atoms with Crippen molar-refractivity contribution in [2.24, 2.45) is 0 Å². The van der Waals surface area contributed by atoms with Gasteiger partial charge in [-0.2, -0.15) is 11.8 Å². The van der Waals surface area contributed by atoms with Crippen molar-refractivity contribution in [2.75, 3.05) is 18.6 Å². The van der Waals surface area contributed by atoms with Crippen LogP contribution in [0.4, 0.5) is 5.69 Å². The zero-order valence-corrected chi connectivity index (χ0v) is 12.0. The summed E-state index contributed by atoms with van der Waals surface area (Å²) >= 11 is 1.80. The molecule has 0 bridgehead atoms. The summed E-state index contributed by atoms with van der Waals surface area (Å²) in [6.07, 6.45) is 2.48. The van der Waals surface area contributed by atoms with Crippen molar-refractivity contribution >= 4 is 17.4 Å². The van der Waals surface area contributed by atoms with Gasteiger partial charge in [-0.05, 0) is 43.0 Å². The Morgan fingerprint density at radius 2 is 2.05 bits per heavy atom. The van der Waals surface area contributed by atoms with Gasteiger partial charge in [-0.25, -0.2) is 0 Å². The molecule has 106 valence electrons. The van der Waals surface area contributed by atoms with Crippen molar-refractivity contribution in [1.82, 2.24) is 5.32 Å². The Bertz CT molecular complexity index is 397. The molecule has 0 aliphatic heterocycles. The monoisotopic (exact) mass is 284 g/mol. The van der Waals surface area contributed by atoms with Crippen LogP contribution < -0.4 is 5.32 Å². The molecule has 2 unspecified atom stereocenters.